The lowest BCUT2D eigenvalue weighted by atomic mass is 10.2. The molecule has 8 heteroatoms. The summed E-state index contributed by atoms with van der Waals surface area (Å²) in [6.45, 7) is 5.17. The lowest BCUT2D eigenvalue weighted by Gasteiger charge is -2.36. The third kappa shape index (κ3) is 4.64. The van der Waals surface area contributed by atoms with Crippen molar-refractivity contribution in [1.29, 1.82) is 0 Å². The Bertz CT molecular complexity index is 642. The van der Waals surface area contributed by atoms with Gasteiger partial charge in [0.05, 0.1) is 13.2 Å². The van der Waals surface area contributed by atoms with Crippen molar-refractivity contribution >= 4 is 35.0 Å². The molecule has 2 aliphatic heterocycles. The molecule has 2 amide bonds. The minimum Gasteiger partial charge on any atom is -0.378 e. The molecule has 0 spiro atoms. The summed E-state index contributed by atoms with van der Waals surface area (Å²) >= 11 is 12.1. The van der Waals surface area contributed by atoms with Crippen LogP contribution in [0.15, 0.2) is 18.2 Å². The van der Waals surface area contributed by atoms with Gasteiger partial charge in [-0.25, -0.2) is 0 Å². The van der Waals surface area contributed by atoms with Crippen LogP contribution in [0.3, 0.4) is 0 Å². The van der Waals surface area contributed by atoms with Gasteiger partial charge in [0.2, 0.25) is 0 Å². The number of hydrogen-bond acceptors (Lipinski definition) is 4. The monoisotopic (exact) mass is 385 g/mol. The molecule has 0 N–H and O–H groups in total. The average molecular weight is 386 g/mol. The molecule has 136 valence electrons. The smallest absolute Gasteiger partial charge is 0.312 e. The standard InChI is InChI=1S/C17H21Cl2N3O3/c18-14-2-1-13(15(19)11-14)12-20-3-5-21(6-4-20)16(23)17(24)22-7-9-25-10-8-22/h1-2,11H,3-10,12H2. The largest absolute Gasteiger partial charge is 0.378 e. The van der Waals surface area contributed by atoms with E-state index in [-0.39, 0.29) is 0 Å². The number of nitrogens with zero attached hydrogens (tertiary/aromatic N) is 3. The zero-order chi connectivity index (χ0) is 17.8. The second-order valence-electron chi connectivity index (χ2n) is 6.21. The summed E-state index contributed by atoms with van der Waals surface area (Å²) in [6.07, 6.45) is 0. The molecule has 0 aliphatic carbocycles. The fourth-order valence-electron chi connectivity index (χ4n) is 3.04. The van der Waals surface area contributed by atoms with E-state index in [1.807, 2.05) is 12.1 Å². The highest BCUT2D eigenvalue weighted by Crippen LogP contribution is 2.22. The van der Waals surface area contributed by atoms with Crippen molar-refractivity contribution in [1.82, 2.24) is 14.7 Å². The minimum atomic E-state index is -0.419. The summed E-state index contributed by atoms with van der Waals surface area (Å²) in [5.41, 5.74) is 1.01. The maximum absolute atomic E-state index is 12.4. The van der Waals surface area contributed by atoms with Gasteiger partial charge in [-0.3, -0.25) is 14.5 Å². The summed E-state index contributed by atoms with van der Waals surface area (Å²) in [6, 6.07) is 5.48. The van der Waals surface area contributed by atoms with E-state index in [0.29, 0.717) is 69.1 Å². The van der Waals surface area contributed by atoms with Gasteiger partial charge >= 0.3 is 11.8 Å². The predicted octanol–water partition coefficient (Wildman–Crippen LogP) is 1.50. The topological polar surface area (TPSA) is 53.1 Å². The first kappa shape index (κ1) is 18.5. The van der Waals surface area contributed by atoms with Crippen molar-refractivity contribution in [2.75, 3.05) is 52.5 Å². The van der Waals surface area contributed by atoms with Crippen LogP contribution in [0.1, 0.15) is 5.56 Å². The van der Waals surface area contributed by atoms with Gasteiger partial charge < -0.3 is 14.5 Å². The van der Waals surface area contributed by atoms with Crippen molar-refractivity contribution in [2.45, 2.75) is 6.54 Å². The first-order valence-corrected chi connectivity index (χ1v) is 9.12. The van der Waals surface area contributed by atoms with Gasteiger partial charge in [-0.1, -0.05) is 29.3 Å². The Kier molecular flexibility index (Phi) is 6.17. The van der Waals surface area contributed by atoms with Crippen LogP contribution in [0.25, 0.3) is 0 Å². The van der Waals surface area contributed by atoms with Gasteiger partial charge in [-0.15, -0.1) is 0 Å². The Hall–Kier alpha value is -1.34. The molecule has 3 rings (SSSR count). The molecule has 0 bridgehead atoms. The molecule has 0 saturated carbocycles. The highest BCUT2D eigenvalue weighted by molar-refractivity contribution is 6.35. The van der Waals surface area contributed by atoms with E-state index in [2.05, 4.69) is 4.90 Å². The Balaban J connectivity index is 1.51. The van der Waals surface area contributed by atoms with Gasteiger partial charge in [0.25, 0.3) is 0 Å². The number of amides is 2. The normalized spacial score (nSPS) is 19.1. The molecule has 0 unspecified atom stereocenters. The third-order valence-corrected chi connectivity index (χ3v) is 5.14. The number of benzene rings is 1. The molecule has 0 radical (unpaired) electrons. The van der Waals surface area contributed by atoms with Gasteiger partial charge in [0.1, 0.15) is 0 Å². The second-order valence-corrected chi connectivity index (χ2v) is 7.05. The molecule has 2 saturated heterocycles. The highest BCUT2D eigenvalue weighted by Gasteiger charge is 2.30. The van der Waals surface area contributed by atoms with E-state index in [4.69, 9.17) is 27.9 Å². The molecule has 1 aromatic rings. The maximum Gasteiger partial charge on any atom is 0.312 e. The van der Waals surface area contributed by atoms with E-state index in [9.17, 15) is 9.59 Å². The summed E-state index contributed by atoms with van der Waals surface area (Å²) in [7, 11) is 0. The van der Waals surface area contributed by atoms with Crippen LogP contribution in [-0.2, 0) is 20.9 Å². The van der Waals surface area contributed by atoms with Gasteiger partial charge in [-0.2, -0.15) is 0 Å². The maximum atomic E-state index is 12.4. The Morgan fingerprint density at radius 1 is 0.920 bits per heavy atom. The van der Waals surface area contributed by atoms with Gasteiger partial charge in [-0.05, 0) is 17.7 Å². The van der Waals surface area contributed by atoms with Crippen molar-refractivity contribution in [3.8, 4) is 0 Å². The van der Waals surface area contributed by atoms with Crippen LogP contribution in [-0.4, -0.2) is 79.0 Å². The fraction of sp³-hybridized carbons (Fsp3) is 0.529. The average Bonchev–Trinajstić information content (AvgIpc) is 2.64. The van der Waals surface area contributed by atoms with E-state index < -0.39 is 11.8 Å². The fourth-order valence-corrected chi connectivity index (χ4v) is 3.51. The lowest BCUT2D eigenvalue weighted by Crippen LogP contribution is -2.54. The first-order valence-electron chi connectivity index (χ1n) is 8.37. The Labute approximate surface area is 157 Å². The van der Waals surface area contributed by atoms with Crippen LogP contribution >= 0.6 is 23.2 Å². The lowest BCUT2D eigenvalue weighted by molar-refractivity contribution is -0.155. The second kappa shape index (κ2) is 8.36. The summed E-state index contributed by atoms with van der Waals surface area (Å²) in [5.74, 6) is -0.830. The quantitative estimate of drug-likeness (QED) is 0.723. The highest BCUT2D eigenvalue weighted by atomic mass is 35.5. The van der Waals surface area contributed by atoms with Gasteiger partial charge in [0.15, 0.2) is 0 Å². The Morgan fingerprint density at radius 3 is 2.12 bits per heavy atom. The molecule has 25 heavy (non-hydrogen) atoms. The van der Waals surface area contributed by atoms with Crippen LogP contribution in [0.5, 0.6) is 0 Å². The number of rotatable bonds is 2. The molecule has 0 aromatic heterocycles. The molecule has 0 atom stereocenters. The summed E-state index contributed by atoms with van der Waals surface area (Å²) in [5, 5.41) is 1.26. The van der Waals surface area contributed by atoms with Crippen molar-refractivity contribution in [3.63, 3.8) is 0 Å². The first-order chi connectivity index (χ1) is 12.0. The number of halogens is 2. The van der Waals surface area contributed by atoms with Crippen molar-refractivity contribution in [2.24, 2.45) is 0 Å². The van der Waals surface area contributed by atoms with E-state index >= 15 is 0 Å². The zero-order valence-electron chi connectivity index (χ0n) is 13.9. The zero-order valence-corrected chi connectivity index (χ0v) is 15.4. The molecule has 1 aromatic carbocycles. The van der Waals surface area contributed by atoms with Crippen molar-refractivity contribution in [3.05, 3.63) is 33.8 Å². The van der Waals surface area contributed by atoms with Crippen LogP contribution in [0.2, 0.25) is 10.0 Å². The summed E-state index contributed by atoms with van der Waals surface area (Å²) < 4.78 is 5.22. The number of ether oxygens (including phenoxy) is 1. The number of morpholine rings is 1. The van der Waals surface area contributed by atoms with Crippen LogP contribution in [0, 0.1) is 0 Å². The number of hydrogen-bond donors (Lipinski definition) is 0. The minimum absolute atomic E-state index is 0.411. The summed E-state index contributed by atoms with van der Waals surface area (Å²) in [4.78, 5) is 30.1. The van der Waals surface area contributed by atoms with E-state index in [1.165, 1.54) is 0 Å². The number of piperazine rings is 1. The molecule has 2 aliphatic rings. The Morgan fingerprint density at radius 2 is 1.52 bits per heavy atom. The number of carbonyl (C=O) groups is 2. The van der Waals surface area contributed by atoms with Crippen molar-refractivity contribution < 1.29 is 14.3 Å². The van der Waals surface area contributed by atoms with Gasteiger partial charge in [0, 0.05) is 55.9 Å². The number of carbonyl (C=O) groups excluding carboxylic acids is 2. The molecular weight excluding hydrogens is 365 g/mol. The molecular formula is C17H21Cl2N3O3. The molecule has 2 heterocycles. The SMILES string of the molecule is O=C(C(=O)N1CCN(Cc2ccc(Cl)cc2Cl)CC1)N1CCOCC1. The van der Waals surface area contributed by atoms with Crippen LogP contribution < -0.4 is 0 Å². The molecule has 6 nitrogen and oxygen atoms in total. The van der Waals surface area contributed by atoms with E-state index in [0.717, 1.165) is 5.56 Å². The van der Waals surface area contributed by atoms with Crippen LogP contribution in [0.4, 0.5) is 0 Å². The molecule has 2 fully saturated rings. The van der Waals surface area contributed by atoms with E-state index in [1.54, 1.807) is 15.9 Å². The third-order valence-electron chi connectivity index (χ3n) is 4.55. The predicted molar refractivity (Wildman–Crippen MR) is 95.7 cm³/mol.